The minimum Gasteiger partial charge on any atom is -0.543 e. The summed E-state index contributed by atoms with van der Waals surface area (Å²) in [6.07, 6.45) is -0.759. The number of nitrogens with zero attached hydrogens (tertiary/aromatic N) is 1. The van der Waals surface area contributed by atoms with Gasteiger partial charge in [-0.1, -0.05) is 18.7 Å². The Morgan fingerprint density at radius 1 is 1.67 bits per heavy atom. The molecule has 5 N–H and O–H groups in total. The Balaban J connectivity index is 0.00000162. The number of carboxylic acids is 1. The number of hydrogen-bond donors (Lipinski definition) is 2. The van der Waals surface area contributed by atoms with Crippen molar-refractivity contribution in [3.8, 4) is 0 Å². The number of hydrogen-bond acceptors (Lipinski definition) is 6. The highest BCUT2D eigenvalue weighted by molar-refractivity contribution is 8.22. The third kappa shape index (κ3) is 2.13. The molecule has 102 valence electrons. The van der Waals surface area contributed by atoms with E-state index in [1.165, 1.54) is 28.4 Å². The lowest BCUT2D eigenvalue weighted by Gasteiger charge is -2.44. The lowest BCUT2D eigenvalue weighted by molar-refractivity contribution is -0.301. The number of carbonyl (C=O) groups excluding carboxylic acids is 2. The summed E-state index contributed by atoms with van der Waals surface area (Å²) in [7, 11) is 0. The van der Waals surface area contributed by atoms with Crippen LogP contribution < -0.4 is 11.3 Å². The average Bonchev–Trinajstić information content (AvgIpc) is 2.53. The van der Waals surface area contributed by atoms with E-state index in [-0.39, 0.29) is 23.1 Å². The smallest absolute Gasteiger partial charge is 0.236 e. The Hall–Kier alpha value is -0.700. The van der Waals surface area contributed by atoms with Gasteiger partial charge < -0.3 is 21.2 Å². The zero-order chi connectivity index (χ0) is 12.7. The average molecular weight is 292 g/mol. The highest BCUT2D eigenvalue weighted by Crippen LogP contribution is 2.53. The van der Waals surface area contributed by atoms with Gasteiger partial charge in [-0.2, -0.15) is 0 Å². The number of aliphatic carboxylic acids is 1. The van der Waals surface area contributed by atoms with Crippen molar-refractivity contribution in [3.05, 3.63) is 9.93 Å². The van der Waals surface area contributed by atoms with Gasteiger partial charge in [-0.25, -0.2) is 0 Å². The van der Waals surface area contributed by atoms with E-state index in [1.807, 2.05) is 6.92 Å². The van der Waals surface area contributed by atoms with Gasteiger partial charge in [-0.05, 0) is 12.7 Å². The summed E-state index contributed by atoms with van der Waals surface area (Å²) in [4.78, 5) is 24.0. The summed E-state index contributed by atoms with van der Waals surface area (Å²) in [6.45, 7) is 3.46. The third-order valence-electron chi connectivity index (χ3n) is 2.73. The monoisotopic (exact) mass is 292 g/mol. The number of amides is 1. The molecule has 6 nitrogen and oxygen atoms in total. The predicted octanol–water partition coefficient (Wildman–Crippen LogP) is -0.0532. The molecule has 0 aliphatic carbocycles. The fourth-order valence-electron chi connectivity index (χ4n) is 1.97. The summed E-state index contributed by atoms with van der Waals surface area (Å²) in [6, 6.07) is 0. The van der Waals surface area contributed by atoms with Gasteiger partial charge in [0, 0.05) is 0 Å². The number of fused-ring (bicyclic) bond motifs is 1. The second-order valence-electron chi connectivity index (χ2n) is 3.84. The van der Waals surface area contributed by atoms with Crippen molar-refractivity contribution in [1.82, 2.24) is 11.1 Å². The van der Waals surface area contributed by atoms with E-state index >= 15 is 0 Å². The Morgan fingerprint density at radius 2 is 2.28 bits per heavy atom. The van der Waals surface area contributed by atoms with Crippen LogP contribution in [0.25, 0.3) is 0 Å². The molecule has 0 unspecified atom stereocenters. The first-order valence-electron chi connectivity index (χ1n) is 5.25. The van der Waals surface area contributed by atoms with Crippen molar-refractivity contribution in [2.45, 2.75) is 25.3 Å². The van der Waals surface area contributed by atoms with Gasteiger partial charge in [-0.15, -0.1) is 11.8 Å². The predicted molar refractivity (Wildman–Crippen MR) is 69.5 cm³/mol. The first kappa shape index (κ1) is 15.4. The lowest BCUT2D eigenvalue weighted by atomic mass is 9.92. The largest absolute Gasteiger partial charge is 0.543 e. The molecular formula is C10H16N2O4S2. The number of rotatable bonds is 4. The van der Waals surface area contributed by atoms with E-state index in [2.05, 4.69) is 0 Å². The van der Waals surface area contributed by atoms with Crippen LogP contribution in [-0.4, -0.2) is 39.1 Å². The number of aliphatic hydroxyl groups excluding tert-OH is 1. The second kappa shape index (κ2) is 5.52. The van der Waals surface area contributed by atoms with Crippen LogP contribution in [-0.2, 0) is 9.59 Å². The van der Waals surface area contributed by atoms with Crippen LogP contribution in [0.4, 0.5) is 0 Å². The fraction of sp³-hybridized carbons (Fsp3) is 0.600. The summed E-state index contributed by atoms with van der Waals surface area (Å²) in [5.74, 6) is -1.44. The molecule has 2 rings (SSSR count). The van der Waals surface area contributed by atoms with Gasteiger partial charge in [0.1, 0.15) is 5.37 Å². The Labute approximate surface area is 113 Å². The molecule has 0 aromatic heterocycles. The zero-order valence-corrected chi connectivity index (χ0v) is 12.0. The molecular weight excluding hydrogens is 276 g/mol. The van der Waals surface area contributed by atoms with E-state index in [0.29, 0.717) is 4.24 Å². The van der Waals surface area contributed by atoms with Crippen molar-refractivity contribution in [1.29, 1.82) is 0 Å². The highest BCUT2D eigenvalue weighted by atomic mass is 32.2. The summed E-state index contributed by atoms with van der Waals surface area (Å²) in [5, 5.41) is 20.2. The van der Waals surface area contributed by atoms with Crippen molar-refractivity contribution in [2.75, 3.05) is 5.75 Å². The molecule has 18 heavy (non-hydrogen) atoms. The van der Waals surface area contributed by atoms with Crippen LogP contribution in [0, 0.1) is 5.92 Å². The summed E-state index contributed by atoms with van der Waals surface area (Å²) < 4.78 is 0.606. The summed E-state index contributed by atoms with van der Waals surface area (Å²) in [5.41, 5.74) is -0.0336. The normalized spacial score (nSPS) is 27.5. The maximum absolute atomic E-state index is 11.8. The zero-order valence-electron chi connectivity index (χ0n) is 10.4. The first-order valence-corrected chi connectivity index (χ1v) is 7.11. The van der Waals surface area contributed by atoms with Crippen LogP contribution in [0.15, 0.2) is 9.93 Å². The minimum atomic E-state index is -1.33. The van der Waals surface area contributed by atoms with Crippen LogP contribution >= 0.6 is 23.5 Å². The molecule has 0 aromatic rings. The molecule has 1 fully saturated rings. The molecule has 1 amide bonds. The van der Waals surface area contributed by atoms with Crippen LogP contribution in [0.1, 0.15) is 13.8 Å². The lowest BCUT2D eigenvalue weighted by Crippen LogP contribution is -2.61. The minimum absolute atomic E-state index is 0. The molecule has 0 spiro atoms. The molecule has 0 saturated carbocycles. The van der Waals surface area contributed by atoms with E-state index in [1.54, 1.807) is 6.92 Å². The molecule has 2 aliphatic heterocycles. The maximum Gasteiger partial charge on any atom is 0.236 e. The van der Waals surface area contributed by atoms with E-state index in [9.17, 15) is 19.8 Å². The van der Waals surface area contributed by atoms with Crippen LogP contribution in [0.2, 0.25) is 0 Å². The molecule has 8 heteroatoms. The van der Waals surface area contributed by atoms with Gasteiger partial charge in [0.25, 0.3) is 0 Å². The maximum atomic E-state index is 11.8. The van der Waals surface area contributed by atoms with Crippen molar-refractivity contribution < 1.29 is 19.8 Å². The molecule has 0 radical (unpaired) electrons. The quantitative estimate of drug-likeness (QED) is 0.701. The van der Waals surface area contributed by atoms with Gasteiger partial charge >= 0.3 is 0 Å². The first-order chi connectivity index (χ1) is 7.99. The topological polar surface area (TPSA) is 117 Å². The van der Waals surface area contributed by atoms with Crippen LogP contribution in [0.5, 0.6) is 0 Å². The number of quaternary nitrogens is 1. The van der Waals surface area contributed by atoms with Crippen molar-refractivity contribution in [2.24, 2.45) is 5.92 Å². The Bertz CT molecular complexity index is 411. The van der Waals surface area contributed by atoms with Gasteiger partial charge in [-0.3, -0.25) is 9.69 Å². The molecule has 0 bridgehead atoms. The molecule has 0 aromatic carbocycles. The summed E-state index contributed by atoms with van der Waals surface area (Å²) >= 11 is 2.71. The number of aliphatic hydroxyl groups is 1. The SMILES string of the molecule is CCSC1=C(C(=O)[O-])N2C(=O)[C@H]([C@@H](C)O)[C@H]2S1.[NH4+]. The molecule has 3 atom stereocenters. The number of thioether (sulfide) groups is 2. The number of carbonyl (C=O) groups is 2. The van der Waals surface area contributed by atoms with Crippen molar-refractivity contribution in [3.63, 3.8) is 0 Å². The van der Waals surface area contributed by atoms with Gasteiger partial charge in [0.15, 0.2) is 0 Å². The van der Waals surface area contributed by atoms with Gasteiger partial charge in [0.2, 0.25) is 5.91 Å². The van der Waals surface area contributed by atoms with E-state index < -0.39 is 18.0 Å². The van der Waals surface area contributed by atoms with E-state index in [4.69, 9.17) is 0 Å². The fourth-order valence-corrected chi connectivity index (χ4v) is 4.79. The standard InChI is InChI=1S/C10H13NO4S2.H3N/c1-3-16-10-6(9(14)15)11-7(13)5(4(2)12)8(11)17-10;/h4-5,8,12H,3H2,1-2H3,(H,14,15);1H3/t4-,5+,8-;/m1./s1. The molecule has 2 aliphatic rings. The second-order valence-corrected chi connectivity index (χ2v) is 6.50. The third-order valence-corrected chi connectivity index (χ3v) is 5.27. The number of β-lactam (4-membered cyclic amide) rings is 1. The van der Waals surface area contributed by atoms with Gasteiger partial charge in [0.05, 0.1) is 27.9 Å². The Kier molecular flexibility index (Phi) is 4.71. The van der Waals surface area contributed by atoms with Crippen LogP contribution in [0.3, 0.4) is 0 Å². The highest BCUT2D eigenvalue weighted by Gasteiger charge is 2.56. The Morgan fingerprint density at radius 3 is 2.72 bits per heavy atom. The van der Waals surface area contributed by atoms with Crippen molar-refractivity contribution >= 4 is 35.4 Å². The molecule has 2 heterocycles. The number of carboxylic acid groups (broad SMARTS) is 1. The van der Waals surface area contributed by atoms with E-state index in [0.717, 1.165) is 5.75 Å². The molecule has 1 saturated heterocycles.